The van der Waals surface area contributed by atoms with Gasteiger partial charge in [-0.15, -0.1) is 0 Å². The summed E-state index contributed by atoms with van der Waals surface area (Å²) in [6.45, 7) is 6.80. The maximum absolute atomic E-state index is 6.37. The maximum Gasteiger partial charge on any atom is 0.134 e. The van der Waals surface area contributed by atoms with E-state index in [-0.39, 0.29) is 5.41 Å². The van der Waals surface area contributed by atoms with Crippen molar-refractivity contribution in [2.45, 2.75) is 39.0 Å². The van der Waals surface area contributed by atoms with Crippen LogP contribution in [0, 0.1) is 0 Å². The molecule has 3 aromatic rings. The summed E-state index contributed by atoms with van der Waals surface area (Å²) in [5.74, 6) is 2.11. The Balaban J connectivity index is 1.62. The molecular formula is C24H22O. The van der Waals surface area contributed by atoms with E-state index in [1.807, 2.05) is 0 Å². The highest BCUT2D eigenvalue weighted by molar-refractivity contribution is 5.91. The molecule has 1 nitrogen and oxygen atoms in total. The van der Waals surface area contributed by atoms with E-state index in [4.69, 9.17) is 4.74 Å². The zero-order chi connectivity index (χ0) is 17.2. The summed E-state index contributed by atoms with van der Waals surface area (Å²) in [6.07, 6.45) is 2.01. The zero-order valence-electron chi connectivity index (χ0n) is 15.0. The molecule has 0 N–H and O–H groups in total. The van der Waals surface area contributed by atoms with E-state index in [0.717, 1.165) is 24.4 Å². The second-order valence-corrected chi connectivity index (χ2v) is 8.27. The Morgan fingerprint density at radius 3 is 2.56 bits per heavy atom. The molecule has 1 aliphatic carbocycles. The second-order valence-electron chi connectivity index (χ2n) is 8.27. The van der Waals surface area contributed by atoms with Gasteiger partial charge in [-0.3, -0.25) is 0 Å². The summed E-state index contributed by atoms with van der Waals surface area (Å²) >= 11 is 0. The highest BCUT2D eigenvalue weighted by Gasteiger charge is 2.29. The minimum absolute atomic E-state index is 0.170. The van der Waals surface area contributed by atoms with Gasteiger partial charge in [-0.1, -0.05) is 69.3 Å². The van der Waals surface area contributed by atoms with Crippen molar-refractivity contribution < 1.29 is 4.74 Å². The summed E-state index contributed by atoms with van der Waals surface area (Å²) in [5.41, 5.74) is 6.96. The smallest absolute Gasteiger partial charge is 0.134 e. The van der Waals surface area contributed by atoms with Crippen LogP contribution < -0.4 is 4.74 Å². The molecule has 0 saturated heterocycles. The van der Waals surface area contributed by atoms with Gasteiger partial charge in [0.2, 0.25) is 0 Å². The molecule has 1 heterocycles. The van der Waals surface area contributed by atoms with Crippen molar-refractivity contribution in [2.75, 3.05) is 0 Å². The molecule has 0 radical (unpaired) electrons. The molecule has 2 aliphatic rings. The molecule has 1 aliphatic heterocycles. The Hall–Kier alpha value is -2.54. The molecule has 3 aromatic carbocycles. The van der Waals surface area contributed by atoms with Gasteiger partial charge in [0.05, 0.1) is 0 Å². The average molecular weight is 326 g/mol. The predicted octanol–water partition coefficient (Wildman–Crippen LogP) is 6.04. The van der Waals surface area contributed by atoms with Crippen LogP contribution in [-0.2, 0) is 18.3 Å². The minimum Gasteiger partial charge on any atom is -0.456 e. The topological polar surface area (TPSA) is 9.23 Å². The summed E-state index contributed by atoms with van der Waals surface area (Å²) in [6, 6.07) is 19.9. The van der Waals surface area contributed by atoms with Crippen molar-refractivity contribution in [1.29, 1.82) is 0 Å². The van der Waals surface area contributed by atoms with Crippen LogP contribution in [0.3, 0.4) is 0 Å². The van der Waals surface area contributed by atoms with E-state index >= 15 is 0 Å². The predicted molar refractivity (Wildman–Crippen MR) is 104 cm³/mol. The van der Waals surface area contributed by atoms with Crippen molar-refractivity contribution in [3.05, 3.63) is 82.4 Å². The lowest BCUT2D eigenvalue weighted by molar-refractivity contribution is 0.495. The normalized spacial score (nSPS) is 15.6. The summed E-state index contributed by atoms with van der Waals surface area (Å²) < 4.78 is 6.37. The van der Waals surface area contributed by atoms with Gasteiger partial charge < -0.3 is 4.74 Å². The Labute approximate surface area is 149 Å². The highest BCUT2D eigenvalue weighted by Crippen LogP contribution is 2.44. The molecule has 25 heavy (non-hydrogen) atoms. The molecule has 5 rings (SSSR count). The molecule has 0 amide bonds. The van der Waals surface area contributed by atoms with Gasteiger partial charge >= 0.3 is 0 Å². The number of allylic oxidation sites excluding steroid dienone is 1. The van der Waals surface area contributed by atoms with Crippen LogP contribution in [0.5, 0.6) is 5.75 Å². The number of benzene rings is 3. The first kappa shape index (κ1) is 14.8. The molecule has 0 saturated carbocycles. The fraction of sp³-hybridized carbons (Fsp3) is 0.250. The number of rotatable bonds is 0. The van der Waals surface area contributed by atoms with Crippen molar-refractivity contribution in [1.82, 2.24) is 0 Å². The molecule has 1 heteroatoms. The highest BCUT2D eigenvalue weighted by atomic mass is 16.5. The average Bonchev–Trinajstić information content (AvgIpc) is 2.96. The first-order valence-corrected chi connectivity index (χ1v) is 9.05. The summed E-state index contributed by atoms with van der Waals surface area (Å²) in [5, 5.41) is 2.64. The first-order chi connectivity index (χ1) is 12.0. The fourth-order valence-electron chi connectivity index (χ4n) is 4.11. The number of fused-ring (bicyclic) bond motifs is 5. The number of hydrogen-bond acceptors (Lipinski definition) is 1. The van der Waals surface area contributed by atoms with Gasteiger partial charge in [0.25, 0.3) is 0 Å². The fourth-order valence-corrected chi connectivity index (χ4v) is 4.11. The molecule has 0 aromatic heterocycles. The Morgan fingerprint density at radius 2 is 1.72 bits per heavy atom. The third-order valence-corrected chi connectivity index (χ3v) is 5.54. The lowest BCUT2D eigenvalue weighted by Crippen LogP contribution is -2.11. The van der Waals surface area contributed by atoms with Crippen LogP contribution in [0.25, 0.3) is 16.5 Å². The van der Waals surface area contributed by atoms with Gasteiger partial charge in [0, 0.05) is 17.5 Å². The van der Waals surface area contributed by atoms with Crippen LogP contribution in [0.2, 0.25) is 0 Å². The second kappa shape index (κ2) is 4.98. The third-order valence-electron chi connectivity index (χ3n) is 5.54. The van der Waals surface area contributed by atoms with Crippen LogP contribution >= 0.6 is 0 Å². The molecule has 0 spiro atoms. The van der Waals surface area contributed by atoms with E-state index in [1.165, 1.54) is 38.6 Å². The minimum atomic E-state index is 0.170. The molecule has 0 unspecified atom stereocenters. The van der Waals surface area contributed by atoms with Crippen molar-refractivity contribution in [3.8, 4) is 5.75 Å². The molecular weight excluding hydrogens is 304 g/mol. The number of ether oxygens (including phenoxy) is 1. The lowest BCUT2D eigenvalue weighted by atomic mass is 9.85. The SMILES string of the molecule is CC(C)(C)c1ccc2c3c(ccc2c1)OC1=C(Cc2ccccc21)C3. The lowest BCUT2D eigenvalue weighted by Gasteiger charge is -2.23. The van der Waals surface area contributed by atoms with Crippen LogP contribution in [-0.4, -0.2) is 0 Å². The molecule has 0 bridgehead atoms. The number of hydrogen-bond donors (Lipinski definition) is 0. The van der Waals surface area contributed by atoms with Gasteiger partial charge in [-0.05, 0) is 45.4 Å². The Bertz CT molecular complexity index is 1050. The quantitative estimate of drug-likeness (QED) is 0.489. The van der Waals surface area contributed by atoms with Gasteiger partial charge in [0.15, 0.2) is 0 Å². The first-order valence-electron chi connectivity index (χ1n) is 9.05. The van der Waals surface area contributed by atoms with Gasteiger partial charge in [-0.2, -0.15) is 0 Å². The summed E-state index contributed by atoms with van der Waals surface area (Å²) in [4.78, 5) is 0. The van der Waals surface area contributed by atoms with E-state index in [1.54, 1.807) is 0 Å². The standard InChI is InChI=1S/C24H22O/c1-24(2,3)18-9-10-19-16(13-18)8-11-22-21(19)14-17-12-15-6-4-5-7-20(15)23(17)25-22/h4-11,13H,12,14H2,1-3H3. The Morgan fingerprint density at radius 1 is 0.880 bits per heavy atom. The zero-order valence-corrected chi connectivity index (χ0v) is 15.0. The Kier molecular flexibility index (Phi) is 2.94. The maximum atomic E-state index is 6.37. The van der Waals surface area contributed by atoms with Crippen LogP contribution in [0.1, 0.15) is 43.0 Å². The van der Waals surface area contributed by atoms with Gasteiger partial charge in [-0.25, -0.2) is 0 Å². The largest absolute Gasteiger partial charge is 0.456 e. The van der Waals surface area contributed by atoms with E-state index < -0.39 is 0 Å². The van der Waals surface area contributed by atoms with E-state index in [0.29, 0.717) is 0 Å². The van der Waals surface area contributed by atoms with Gasteiger partial charge in [0.1, 0.15) is 11.5 Å². The van der Waals surface area contributed by atoms with E-state index in [2.05, 4.69) is 75.4 Å². The van der Waals surface area contributed by atoms with Crippen LogP contribution in [0.15, 0.2) is 60.2 Å². The van der Waals surface area contributed by atoms with Crippen molar-refractivity contribution in [2.24, 2.45) is 0 Å². The van der Waals surface area contributed by atoms with Crippen molar-refractivity contribution in [3.63, 3.8) is 0 Å². The van der Waals surface area contributed by atoms with E-state index in [9.17, 15) is 0 Å². The monoisotopic (exact) mass is 326 g/mol. The molecule has 0 fully saturated rings. The third kappa shape index (κ3) is 2.22. The van der Waals surface area contributed by atoms with Crippen LogP contribution in [0.4, 0.5) is 0 Å². The molecule has 124 valence electrons. The van der Waals surface area contributed by atoms with Crippen molar-refractivity contribution >= 4 is 16.5 Å². The summed E-state index contributed by atoms with van der Waals surface area (Å²) in [7, 11) is 0. The molecule has 0 atom stereocenters.